The van der Waals surface area contributed by atoms with Gasteiger partial charge in [-0.2, -0.15) is 5.26 Å². The molecule has 1 aromatic carbocycles. The lowest BCUT2D eigenvalue weighted by Crippen LogP contribution is -2.48. The lowest BCUT2D eigenvalue weighted by Gasteiger charge is -2.35. The highest BCUT2D eigenvalue weighted by Crippen LogP contribution is 2.30. The van der Waals surface area contributed by atoms with Gasteiger partial charge in [-0.3, -0.25) is 0 Å². The maximum atomic E-state index is 12.8. The third-order valence-electron chi connectivity index (χ3n) is 3.51. The molecule has 1 fully saturated rings. The number of nitrogens with zero attached hydrogens (tertiary/aromatic N) is 1. The molecule has 0 aromatic heterocycles. The van der Waals surface area contributed by atoms with Gasteiger partial charge in [-0.05, 0) is 50.6 Å². The predicted octanol–water partition coefficient (Wildman–Crippen LogP) is 2.63. The summed E-state index contributed by atoms with van der Waals surface area (Å²) in [7, 11) is 1.81. The van der Waals surface area contributed by atoms with E-state index in [2.05, 4.69) is 11.4 Å². The molecule has 0 aliphatic heterocycles. The molecule has 96 valence electrons. The highest BCUT2D eigenvalue weighted by Gasteiger charge is 2.36. The molecule has 0 saturated heterocycles. The smallest absolute Gasteiger partial charge is 0.123 e. The molecular formula is C14H17FN2O. The van der Waals surface area contributed by atoms with Crippen LogP contribution < -0.4 is 10.1 Å². The molecule has 0 amide bonds. The van der Waals surface area contributed by atoms with E-state index in [1.807, 2.05) is 7.05 Å². The molecule has 3 nitrogen and oxygen atoms in total. The summed E-state index contributed by atoms with van der Waals surface area (Å²) >= 11 is 0. The molecule has 2 atom stereocenters. The molecule has 18 heavy (non-hydrogen) atoms. The van der Waals surface area contributed by atoms with Crippen molar-refractivity contribution in [3.63, 3.8) is 0 Å². The van der Waals surface area contributed by atoms with Crippen LogP contribution in [0.25, 0.3) is 0 Å². The van der Waals surface area contributed by atoms with Crippen LogP contribution >= 0.6 is 0 Å². The van der Waals surface area contributed by atoms with Gasteiger partial charge in [-0.25, -0.2) is 4.39 Å². The van der Waals surface area contributed by atoms with Gasteiger partial charge in [0, 0.05) is 6.42 Å². The first kappa shape index (κ1) is 12.8. The van der Waals surface area contributed by atoms with Crippen LogP contribution in [0.15, 0.2) is 24.3 Å². The van der Waals surface area contributed by atoms with E-state index in [1.165, 1.54) is 12.1 Å². The van der Waals surface area contributed by atoms with Crippen molar-refractivity contribution in [2.24, 2.45) is 0 Å². The van der Waals surface area contributed by atoms with Gasteiger partial charge in [-0.1, -0.05) is 0 Å². The molecule has 1 aliphatic rings. The number of halogens is 1. The second-order valence-electron chi connectivity index (χ2n) is 4.73. The van der Waals surface area contributed by atoms with Crippen molar-refractivity contribution < 1.29 is 9.13 Å². The zero-order chi connectivity index (χ0) is 13.0. The van der Waals surface area contributed by atoms with E-state index in [1.54, 1.807) is 12.1 Å². The standard InChI is InChI=1S/C14H17FN2O/c1-17-14(10-16)8-2-3-13(9-14)18-12-6-4-11(15)5-7-12/h4-7,13,17H,2-3,8-9H2,1H3. The Morgan fingerprint density at radius 3 is 2.78 bits per heavy atom. The average Bonchev–Trinajstić information content (AvgIpc) is 2.41. The van der Waals surface area contributed by atoms with Gasteiger partial charge in [0.1, 0.15) is 23.2 Å². The number of benzene rings is 1. The Hall–Kier alpha value is -1.60. The van der Waals surface area contributed by atoms with Gasteiger partial charge in [0.25, 0.3) is 0 Å². The minimum Gasteiger partial charge on any atom is -0.490 e. The summed E-state index contributed by atoms with van der Waals surface area (Å²) in [4.78, 5) is 0. The molecule has 1 aromatic rings. The molecule has 0 heterocycles. The minimum atomic E-state index is -0.483. The second-order valence-corrected chi connectivity index (χ2v) is 4.73. The Morgan fingerprint density at radius 2 is 2.17 bits per heavy atom. The first-order valence-electron chi connectivity index (χ1n) is 6.20. The zero-order valence-electron chi connectivity index (χ0n) is 10.4. The summed E-state index contributed by atoms with van der Waals surface area (Å²) in [6.45, 7) is 0. The average molecular weight is 248 g/mol. The molecule has 2 rings (SSSR count). The van der Waals surface area contributed by atoms with Crippen LogP contribution in [0.1, 0.15) is 25.7 Å². The monoisotopic (exact) mass is 248 g/mol. The van der Waals surface area contributed by atoms with Crippen molar-refractivity contribution in [1.82, 2.24) is 5.32 Å². The maximum Gasteiger partial charge on any atom is 0.123 e. The lowest BCUT2D eigenvalue weighted by atomic mass is 9.81. The summed E-state index contributed by atoms with van der Waals surface area (Å²) in [5, 5.41) is 12.3. The first-order valence-corrected chi connectivity index (χ1v) is 6.20. The van der Waals surface area contributed by atoms with E-state index < -0.39 is 5.54 Å². The molecule has 0 radical (unpaired) electrons. The Labute approximate surface area is 107 Å². The summed E-state index contributed by atoms with van der Waals surface area (Å²) < 4.78 is 18.6. The molecule has 4 heteroatoms. The third-order valence-corrected chi connectivity index (χ3v) is 3.51. The number of ether oxygens (including phenoxy) is 1. The van der Waals surface area contributed by atoms with Crippen LogP contribution in [-0.4, -0.2) is 18.7 Å². The quantitative estimate of drug-likeness (QED) is 0.894. The Balaban J connectivity index is 2.02. The fourth-order valence-electron chi connectivity index (χ4n) is 2.42. The van der Waals surface area contributed by atoms with Crippen LogP contribution in [0.4, 0.5) is 4.39 Å². The lowest BCUT2D eigenvalue weighted by molar-refractivity contribution is 0.116. The van der Waals surface area contributed by atoms with Crippen molar-refractivity contribution >= 4 is 0 Å². The van der Waals surface area contributed by atoms with Crippen LogP contribution in [-0.2, 0) is 0 Å². The zero-order valence-corrected chi connectivity index (χ0v) is 10.4. The van der Waals surface area contributed by atoms with Crippen molar-refractivity contribution in [3.05, 3.63) is 30.1 Å². The highest BCUT2D eigenvalue weighted by molar-refractivity contribution is 5.23. The van der Waals surface area contributed by atoms with Crippen LogP contribution in [0.2, 0.25) is 0 Å². The van der Waals surface area contributed by atoms with Crippen molar-refractivity contribution in [1.29, 1.82) is 5.26 Å². The first-order chi connectivity index (χ1) is 8.67. The molecule has 0 bridgehead atoms. The largest absolute Gasteiger partial charge is 0.490 e. The number of hydrogen-bond donors (Lipinski definition) is 1. The topological polar surface area (TPSA) is 45.0 Å². The maximum absolute atomic E-state index is 12.8. The van der Waals surface area contributed by atoms with Crippen molar-refractivity contribution in [2.75, 3.05) is 7.05 Å². The third kappa shape index (κ3) is 2.80. The van der Waals surface area contributed by atoms with Gasteiger partial charge < -0.3 is 10.1 Å². The Morgan fingerprint density at radius 1 is 1.44 bits per heavy atom. The Bertz CT molecular complexity index is 440. The van der Waals surface area contributed by atoms with Crippen LogP contribution in [0.3, 0.4) is 0 Å². The number of hydrogen-bond acceptors (Lipinski definition) is 3. The van der Waals surface area contributed by atoms with E-state index >= 15 is 0 Å². The molecule has 2 unspecified atom stereocenters. The fourth-order valence-corrected chi connectivity index (χ4v) is 2.42. The van der Waals surface area contributed by atoms with E-state index in [0.717, 1.165) is 19.3 Å². The molecule has 1 N–H and O–H groups in total. The number of rotatable bonds is 3. The summed E-state index contributed by atoms with van der Waals surface area (Å²) in [6, 6.07) is 8.35. The molecule has 0 spiro atoms. The van der Waals surface area contributed by atoms with E-state index in [9.17, 15) is 9.65 Å². The number of nitrogens with one attached hydrogen (secondary N) is 1. The summed E-state index contributed by atoms with van der Waals surface area (Å²) in [5.41, 5.74) is -0.483. The fraction of sp³-hybridized carbons (Fsp3) is 0.500. The van der Waals surface area contributed by atoms with Crippen molar-refractivity contribution in [3.8, 4) is 11.8 Å². The molecule has 1 saturated carbocycles. The van der Waals surface area contributed by atoms with E-state index in [-0.39, 0.29) is 11.9 Å². The van der Waals surface area contributed by atoms with Gasteiger partial charge in [0.2, 0.25) is 0 Å². The van der Waals surface area contributed by atoms with E-state index in [0.29, 0.717) is 12.2 Å². The summed E-state index contributed by atoms with van der Waals surface area (Å²) in [5.74, 6) is 0.388. The second kappa shape index (κ2) is 5.36. The van der Waals surface area contributed by atoms with Gasteiger partial charge >= 0.3 is 0 Å². The van der Waals surface area contributed by atoms with Gasteiger partial charge in [-0.15, -0.1) is 0 Å². The van der Waals surface area contributed by atoms with E-state index in [4.69, 9.17) is 4.74 Å². The number of nitriles is 1. The highest BCUT2D eigenvalue weighted by atomic mass is 19.1. The predicted molar refractivity (Wildman–Crippen MR) is 66.7 cm³/mol. The molecule has 1 aliphatic carbocycles. The normalized spacial score (nSPS) is 27.5. The molecular weight excluding hydrogens is 231 g/mol. The Kier molecular flexibility index (Phi) is 3.83. The van der Waals surface area contributed by atoms with Crippen LogP contribution in [0, 0.1) is 17.1 Å². The van der Waals surface area contributed by atoms with Gasteiger partial charge in [0.15, 0.2) is 0 Å². The van der Waals surface area contributed by atoms with Crippen LogP contribution in [0.5, 0.6) is 5.75 Å². The summed E-state index contributed by atoms with van der Waals surface area (Å²) in [6.07, 6.45) is 3.42. The van der Waals surface area contributed by atoms with Crippen molar-refractivity contribution in [2.45, 2.75) is 37.3 Å². The van der Waals surface area contributed by atoms with Gasteiger partial charge in [0.05, 0.1) is 6.07 Å². The SMILES string of the molecule is CNC1(C#N)CCCC(Oc2ccc(F)cc2)C1. The minimum absolute atomic E-state index is 0.0105.